The van der Waals surface area contributed by atoms with E-state index in [-0.39, 0.29) is 11.9 Å². The number of aryl methyl sites for hydroxylation is 2. The molecule has 0 amide bonds. The van der Waals surface area contributed by atoms with Crippen LogP contribution >= 0.6 is 11.3 Å². The molecule has 1 unspecified atom stereocenters. The Kier molecular flexibility index (Phi) is 4.15. The summed E-state index contributed by atoms with van der Waals surface area (Å²) in [5.74, 6) is 5.48. The van der Waals surface area contributed by atoms with Crippen LogP contribution in [0, 0.1) is 5.82 Å². The predicted molar refractivity (Wildman–Crippen MR) is 81.1 cm³/mol. The minimum atomic E-state index is -0.256. The lowest BCUT2D eigenvalue weighted by atomic mass is 10.0. The third-order valence-electron chi connectivity index (χ3n) is 3.93. The van der Waals surface area contributed by atoms with Crippen molar-refractivity contribution in [3.63, 3.8) is 0 Å². The minimum absolute atomic E-state index is 0.209. The van der Waals surface area contributed by atoms with E-state index in [1.165, 1.54) is 35.8 Å². The fourth-order valence-electron chi connectivity index (χ4n) is 2.87. The summed E-state index contributed by atoms with van der Waals surface area (Å²) in [5, 5.41) is 0. The smallest absolute Gasteiger partial charge is 0.128 e. The molecular weight excluding hydrogens is 271 g/mol. The molecule has 0 aliphatic heterocycles. The molecule has 3 N–H and O–H groups in total. The summed E-state index contributed by atoms with van der Waals surface area (Å²) < 4.78 is 14.0. The van der Waals surface area contributed by atoms with Gasteiger partial charge >= 0.3 is 0 Å². The molecule has 2 nitrogen and oxygen atoms in total. The van der Waals surface area contributed by atoms with Crippen LogP contribution in [0.1, 0.15) is 46.2 Å². The highest BCUT2D eigenvalue weighted by molar-refractivity contribution is 7.12. The normalized spacial score (nSPS) is 16.5. The quantitative estimate of drug-likeness (QED) is 0.514. The van der Waals surface area contributed by atoms with E-state index in [4.69, 9.17) is 5.84 Å². The molecular formula is C16H19FN2S. The Morgan fingerprint density at radius 2 is 1.95 bits per heavy atom. The van der Waals surface area contributed by atoms with Crippen LogP contribution in [0.5, 0.6) is 0 Å². The molecule has 0 bridgehead atoms. The molecule has 0 spiro atoms. The number of hydrazine groups is 1. The molecule has 3 rings (SSSR count). The van der Waals surface area contributed by atoms with Gasteiger partial charge in [-0.05, 0) is 43.4 Å². The third-order valence-corrected chi connectivity index (χ3v) is 5.24. The number of nitrogens with two attached hydrogens (primary N) is 1. The maximum atomic E-state index is 14.0. The first-order chi connectivity index (χ1) is 9.79. The van der Waals surface area contributed by atoms with Crippen LogP contribution in [-0.4, -0.2) is 0 Å². The van der Waals surface area contributed by atoms with Crippen molar-refractivity contribution in [3.8, 4) is 0 Å². The highest BCUT2D eigenvalue weighted by Crippen LogP contribution is 2.35. The van der Waals surface area contributed by atoms with Crippen molar-refractivity contribution in [1.82, 2.24) is 5.43 Å². The minimum Gasteiger partial charge on any atom is -0.271 e. The van der Waals surface area contributed by atoms with E-state index in [9.17, 15) is 4.39 Å². The molecule has 1 aromatic carbocycles. The van der Waals surface area contributed by atoms with Crippen molar-refractivity contribution in [2.24, 2.45) is 5.84 Å². The van der Waals surface area contributed by atoms with E-state index >= 15 is 0 Å². The van der Waals surface area contributed by atoms with E-state index in [0.717, 1.165) is 17.7 Å². The Morgan fingerprint density at radius 3 is 2.75 bits per heavy atom. The van der Waals surface area contributed by atoms with E-state index in [2.05, 4.69) is 11.5 Å². The SMILES string of the molecule is NNC(c1cc2c(s1)CCCCC2)c1ccccc1F. The van der Waals surface area contributed by atoms with Crippen molar-refractivity contribution in [2.75, 3.05) is 0 Å². The molecule has 1 aromatic heterocycles. The Bertz CT molecular complexity index is 570. The zero-order valence-electron chi connectivity index (χ0n) is 11.4. The Labute approximate surface area is 122 Å². The van der Waals surface area contributed by atoms with Gasteiger partial charge in [0.25, 0.3) is 0 Å². The van der Waals surface area contributed by atoms with E-state index < -0.39 is 0 Å². The number of rotatable bonds is 3. The second kappa shape index (κ2) is 6.04. The number of halogens is 1. The molecule has 1 heterocycles. The van der Waals surface area contributed by atoms with Crippen molar-refractivity contribution in [1.29, 1.82) is 0 Å². The van der Waals surface area contributed by atoms with E-state index in [1.807, 2.05) is 6.07 Å². The van der Waals surface area contributed by atoms with Gasteiger partial charge in [0.2, 0.25) is 0 Å². The molecule has 20 heavy (non-hydrogen) atoms. The van der Waals surface area contributed by atoms with Crippen LogP contribution in [0.25, 0.3) is 0 Å². The largest absolute Gasteiger partial charge is 0.271 e. The standard InChI is InChI=1S/C16H19FN2S/c17-13-8-5-4-7-12(13)16(19-18)15-10-11-6-2-1-3-9-14(11)20-15/h4-5,7-8,10,16,19H,1-3,6,9,18H2. The number of benzene rings is 1. The first-order valence-corrected chi connectivity index (χ1v) is 7.93. The number of hydrogen-bond donors (Lipinski definition) is 2. The number of nitrogens with one attached hydrogen (secondary N) is 1. The summed E-state index contributed by atoms with van der Waals surface area (Å²) in [7, 11) is 0. The topological polar surface area (TPSA) is 38.0 Å². The monoisotopic (exact) mass is 290 g/mol. The van der Waals surface area contributed by atoms with Crippen LogP contribution in [-0.2, 0) is 12.8 Å². The van der Waals surface area contributed by atoms with Crippen molar-refractivity contribution < 1.29 is 4.39 Å². The molecule has 0 radical (unpaired) electrons. The van der Waals surface area contributed by atoms with E-state index in [1.54, 1.807) is 23.5 Å². The molecule has 0 saturated carbocycles. The summed E-state index contributed by atoms with van der Waals surface area (Å²) in [5.41, 5.74) is 4.82. The lowest BCUT2D eigenvalue weighted by Crippen LogP contribution is -2.28. The van der Waals surface area contributed by atoms with Gasteiger partial charge < -0.3 is 0 Å². The Balaban J connectivity index is 1.96. The first-order valence-electron chi connectivity index (χ1n) is 7.11. The van der Waals surface area contributed by atoms with Gasteiger partial charge in [-0.1, -0.05) is 24.6 Å². The summed E-state index contributed by atoms with van der Waals surface area (Å²) >= 11 is 1.78. The molecule has 2 aromatic rings. The Hall–Kier alpha value is -1.23. The first kappa shape index (κ1) is 13.7. The molecule has 1 atom stereocenters. The summed E-state index contributed by atoms with van der Waals surface area (Å²) in [6.45, 7) is 0. The van der Waals surface area contributed by atoms with Crippen LogP contribution in [0.3, 0.4) is 0 Å². The maximum Gasteiger partial charge on any atom is 0.128 e. The molecule has 0 fully saturated rings. The summed E-state index contributed by atoms with van der Waals surface area (Å²) in [4.78, 5) is 2.57. The zero-order chi connectivity index (χ0) is 13.9. The van der Waals surface area contributed by atoms with Crippen molar-refractivity contribution in [2.45, 2.75) is 38.1 Å². The average molecular weight is 290 g/mol. The lowest BCUT2D eigenvalue weighted by Gasteiger charge is -2.15. The van der Waals surface area contributed by atoms with Crippen LogP contribution in [0.4, 0.5) is 4.39 Å². The fourth-order valence-corrected chi connectivity index (χ4v) is 4.20. The summed E-state index contributed by atoms with van der Waals surface area (Å²) in [6.07, 6.45) is 6.11. The summed E-state index contributed by atoms with van der Waals surface area (Å²) in [6, 6.07) is 8.79. The highest BCUT2D eigenvalue weighted by Gasteiger charge is 2.21. The lowest BCUT2D eigenvalue weighted by molar-refractivity contribution is 0.564. The van der Waals surface area contributed by atoms with Gasteiger partial charge in [0.1, 0.15) is 5.82 Å². The fraction of sp³-hybridized carbons (Fsp3) is 0.375. The Morgan fingerprint density at radius 1 is 1.15 bits per heavy atom. The van der Waals surface area contributed by atoms with E-state index in [0.29, 0.717) is 5.56 Å². The maximum absolute atomic E-state index is 14.0. The van der Waals surface area contributed by atoms with Gasteiger partial charge in [0, 0.05) is 15.3 Å². The zero-order valence-corrected chi connectivity index (χ0v) is 12.2. The molecule has 106 valence electrons. The molecule has 0 saturated heterocycles. The van der Waals surface area contributed by atoms with Gasteiger partial charge in [-0.15, -0.1) is 11.3 Å². The second-order valence-corrected chi connectivity index (χ2v) is 6.45. The number of thiophene rings is 1. The molecule has 4 heteroatoms. The third kappa shape index (κ3) is 2.64. The highest BCUT2D eigenvalue weighted by atomic mass is 32.1. The van der Waals surface area contributed by atoms with Gasteiger partial charge in [-0.25, -0.2) is 9.82 Å². The van der Waals surface area contributed by atoms with Gasteiger partial charge in [-0.2, -0.15) is 0 Å². The number of hydrogen-bond acceptors (Lipinski definition) is 3. The van der Waals surface area contributed by atoms with Gasteiger partial charge in [0.15, 0.2) is 0 Å². The average Bonchev–Trinajstić information content (AvgIpc) is 2.72. The van der Waals surface area contributed by atoms with Gasteiger partial charge in [0.05, 0.1) is 6.04 Å². The van der Waals surface area contributed by atoms with Crippen molar-refractivity contribution >= 4 is 11.3 Å². The number of fused-ring (bicyclic) bond motifs is 1. The second-order valence-electron chi connectivity index (χ2n) is 5.28. The van der Waals surface area contributed by atoms with Gasteiger partial charge in [-0.3, -0.25) is 5.84 Å². The van der Waals surface area contributed by atoms with Crippen molar-refractivity contribution in [3.05, 3.63) is 57.0 Å². The van der Waals surface area contributed by atoms with Crippen LogP contribution < -0.4 is 11.3 Å². The molecule has 1 aliphatic carbocycles. The van der Waals surface area contributed by atoms with Crippen LogP contribution in [0.15, 0.2) is 30.3 Å². The molecule has 1 aliphatic rings. The van der Waals surface area contributed by atoms with Crippen LogP contribution in [0.2, 0.25) is 0 Å². The predicted octanol–water partition coefficient (Wildman–Crippen LogP) is 3.71.